The van der Waals surface area contributed by atoms with Gasteiger partial charge in [-0.1, -0.05) is 60.1 Å². The van der Waals surface area contributed by atoms with E-state index in [1.807, 2.05) is 0 Å². The molecule has 6 nitrogen and oxygen atoms in total. The van der Waals surface area contributed by atoms with Crippen LogP contribution >= 0.6 is 21.6 Å². The third kappa shape index (κ3) is 9.80. The molecule has 0 heterocycles. The maximum atomic E-state index is 11.8. The number of amides is 4. The second-order valence-corrected chi connectivity index (χ2v) is 9.82. The van der Waals surface area contributed by atoms with Crippen molar-refractivity contribution in [2.45, 2.75) is 76.3 Å². The Bertz CT molecular complexity index is 376. The highest BCUT2D eigenvalue weighted by Crippen LogP contribution is 2.20. The number of rotatable bonds is 9. The van der Waals surface area contributed by atoms with Crippen LogP contribution < -0.4 is 21.3 Å². The fraction of sp³-hybridized carbons (Fsp3) is 0.889. The van der Waals surface area contributed by atoms with E-state index in [1.165, 1.54) is 38.5 Å². The molecule has 2 saturated carbocycles. The third-order valence-corrected chi connectivity index (χ3v) is 7.31. The highest BCUT2D eigenvalue weighted by atomic mass is 33.1. The Morgan fingerprint density at radius 3 is 1.42 bits per heavy atom. The maximum Gasteiger partial charge on any atom is 0.315 e. The molecule has 0 spiro atoms. The van der Waals surface area contributed by atoms with Gasteiger partial charge in [-0.2, -0.15) is 0 Å². The first kappa shape index (κ1) is 21.5. The smallest absolute Gasteiger partial charge is 0.315 e. The number of hydrogen-bond donors (Lipinski definition) is 4. The Labute approximate surface area is 165 Å². The molecule has 0 unspecified atom stereocenters. The first-order valence-corrected chi connectivity index (χ1v) is 12.6. The molecular weight excluding hydrogens is 368 g/mol. The summed E-state index contributed by atoms with van der Waals surface area (Å²) in [6, 6.07) is 0.639. The van der Waals surface area contributed by atoms with Crippen molar-refractivity contribution < 1.29 is 9.59 Å². The quantitative estimate of drug-likeness (QED) is 0.351. The van der Waals surface area contributed by atoms with Crippen molar-refractivity contribution in [3.8, 4) is 0 Å². The third-order valence-electron chi connectivity index (χ3n) is 4.91. The monoisotopic (exact) mass is 402 g/mol. The molecule has 2 aliphatic carbocycles. The molecule has 0 atom stereocenters. The minimum atomic E-state index is -0.0384. The standard InChI is InChI=1S/C18H34N4O2S2/c23-17(21-15-7-3-1-4-8-15)19-11-13-25-26-14-12-20-18(24)22-16-9-5-2-6-10-16/h15-16H,1-14H2,(H2,19,21,23)(H2,20,22,24). The number of carbonyl (C=O) groups is 2. The van der Waals surface area contributed by atoms with Crippen LogP contribution in [0.3, 0.4) is 0 Å². The zero-order valence-corrected chi connectivity index (χ0v) is 17.3. The number of nitrogens with one attached hydrogen (secondary N) is 4. The summed E-state index contributed by atoms with van der Waals surface area (Å²) >= 11 is 0. The van der Waals surface area contributed by atoms with Gasteiger partial charge < -0.3 is 21.3 Å². The van der Waals surface area contributed by atoms with Gasteiger partial charge in [-0.05, 0) is 25.7 Å². The number of carbonyl (C=O) groups excluding carboxylic acids is 2. The minimum Gasteiger partial charge on any atom is -0.337 e. The molecule has 0 bridgehead atoms. The molecule has 0 aromatic carbocycles. The van der Waals surface area contributed by atoms with E-state index in [0.717, 1.165) is 37.2 Å². The molecule has 2 fully saturated rings. The predicted molar refractivity (Wildman–Crippen MR) is 112 cm³/mol. The summed E-state index contributed by atoms with van der Waals surface area (Å²) in [6.07, 6.45) is 11.9. The molecule has 2 rings (SSSR count). The summed E-state index contributed by atoms with van der Waals surface area (Å²) in [7, 11) is 3.46. The fourth-order valence-electron chi connectivity index (χ4n) is 3.50. The van der Waals surface area contributed by atoms with E-state index in [1.54, 1.807) is 21.6 Å². The summed E-state index contributed by atoms with van der Waals surface area (Å²) in [5.74, 6) is 1.74. The topological polar surface area (TPSA) is 82.3 Å². The summed E-state index contributed by atoms with van der Waals surface area (Å²) in [5, 5.41) is 12.0. The molecule has 4 N–H and O–H groups in total. The van der Waals surface area contributed by atoms with Gasteiger partial charge in [-0.15, -0.1) is 0 Å². The van der Waals surface area contributed by atoms with E-state index in [4.69, 9.17) is 0 Å². The first-order chi connectivity index (χ1) is 12.7. The van der Waals surface area contributed by atoms with Crippen LogP contribution in [-0.4, -0.2) is 48.7 Å². The van der Waals surface area contributed by atoms with Gasteiger partial charge in [-0.25, -0.2) is 9.59 Å². The molecule has 26 heavy (non-hydrogen) atoms. The Morgan fingerprint density at radius 1 is 0.654 bits per heavy atom. The Morgan fingerprint density at radius 2 is 1.04 bits per heavy atom. The van der Waals surface area contributed by atoms with Crippen molar-refractivity contribution >= 4 is 33.7 Å². The van der Waals surface area contributed by atoms with E-state index in [9.17, 15) is 9.59 Å². The average Bonchev–Trinajstić information content (AvgIpc) is 2.65. The molecule has 8 heteroatoms. The van der Waals surface area contributed by atoms with Crippen LogP contribution in [0.15, 0.2) is 0 Å². The lowest BCUT2D eigenvalue weighted by atomic mass is 9.96. The van der Waals surface area contributed by atoms with Gasteiger partial charge in [0.25, 0.3) is 0 Å². The van der Waals surface area contributed by atoms with Gasteiger partial charge >= 0.3 is 12.1 Å². The minimum absolute atomic E-state index is 0.0384. The number of urea groups is 2. The summed E-state index contributed by atoms with van der Waals surface area (Å²) < 4.78 is 0. The molecule has 0 aromatic rings. The summed E-state index contributed by atoms with van der Waals surface area (Å²) in [4.78, 5) is 23.6. The molecule has 0 aliphatic heterocycles. The molecule has 0 aromatic heterocycles. The highest BCUT2D eigenvalue weighted by Gasteiger charge is 2.16. The van der Waals surface area contributed by atoms with Gasteiger partial charge in [0.2, 0.25) is 0 Å². The molecule has 4 amide bonds. The van der Waals surface area contributed by atoms with Gasteiger partial charge in [-0.3, -0.25) is 0 Å². The van der Waals surface area contributed by atoms with Crippen LogP contribution in [0.25, 0.3) is 0 Å². The van der Waals surface area contributed by atoms with Crippen molar-refractivity contribution in [2.75, 3.05) is 24.6 Å². The molecule has 0 radical (unpaired) electrons. The van der Waals surface area contributed by atoms with Gasteiger partial charge in [0.05, 0.1) is 0 Å². The van der Waals surface area contributed by atoms with Crippen LogP contribution in [0.5, 0.6) is 0 Å². The van der Waals surface area contributed by atoms with Crippen molar-refractivity contribution in [1.82, 2.24) is 21.3 Å². The average molecular weight is 403 g/mol. The van der Waals surface area contributed by atoms with Crippen LogP contribution in [-0.2, 0) is 0 Å². The van der Waals surface area contributed by atoms with E-state index >= 15 is 0 Å². The van der Waals surface area contributed by atoms with Crippen molar-refractivity contribution in [3.05, 3.63) is 0 Å². The van der Waals surface area contributed by atoms with Crippen molar-refractivity contribution in [3.63, 3.8) is 0 Å². The summed E-state index contributed by atoms with van der Waals surface area (Å²) in [5.41, 5.74) is 0. The molecule has 2 aliphatic rings. The Kier molecular flexibility index (Phi) is 11.1. The Balaban J connectivity index is 1.36. The fourth-order valence-corrected chi connectivity index (χ4v) is 5.31. The second-order valence-electron chi connectivity index (χ2n) is 7.11. The normalized spacial score (nSPS) is 18.9. The lowest BCUT2D eigenvalue weighted by Crippen LogP contribution is -2.43. The van der Waals surface area contributed by atoms with E-state index in [0.29, 0.717) is 25.2 Å². The van der Waals surface area contributed by atoms with Crippen LogP contribution in [0.4, 0.5) is 9.59 Å². The van der Waals surface area contributed by atoms with E-state index in [2.05, 4.69) is 21.3 Å². The SMILES string of the molecule is O=C(NCCSSCCNC(=O)NC1CCCCC1)NC1CCCCC1. The second kappa shape index (κ2) is 13.4. The largest absolute Gasteiger partial charge is 0.337 e. The highest BCUT2D eigenvalue weighted by molar-refractivity contribution is 8.76. The lowest BCUT2D eigenvalue weighted by molar-refractivity contribution is 0.232. The lowest BCUT2D eigenvalue weighted by Gasteiger charge is -2.22. The zero-order chi connectivity index (χ0) is 18.5. The van der Waals surface area contributed by atoms with Crippen molar-refractivity contribution in [2.24, 2.45) is 0 Å². The predicted octanol–water partition coefficient (Wildman–Crippen LogP) is 3.63. The number of hydrogen-bond acceptors (Lipinski definition) is 4. The maximum absolute atomic E-state index is 11.8. The van der Waals surface area contributed by atoms with Gasteiger partial charge in [0.1, 0.15) is 0 Å². The van der Waals surface area contributed by atoms with Crippen molar-refractivity contribution in [1.29, 1.82) is 0 Å². The van der Waals surface area contributed by atoms with Gasteiger partial charge in [0.15, 0.2) is 0 Å². The van der Waals surface area contributed by atoms with Gasteiger partial charge in [0, 0.05) is 36.7 Å². The first-order valence-electron chi connectivity index (χ1n) is 10.1. The Hall–Kier alpha value is -0.760. The zero-order valence-electron chi connectivity index (χ0n) is 15.7. The molecule has 150 valence electrons. The molecular formula is C18H34N4O2S2. The van der Waals surface area contributed by atoms with Crippen LogP contribution in [0.2, 0.25) is 0 Å². The summed E-state index contributed by atoms with van der Waals surface area (Å²) in [6.45, 7) is 1.34. The van der Waals surface area contributed by atoms with Crippen LogP contribution in [0, 0.1) is 0 Å². The van der Waals surface area contributed by atoms with E-state index < -0.39 is 0 Å². The van der Waals surface area contributed by atoms with Crippen LogP contribution in [0.1, 0.15) is 64.2 Å². The molecule has 0 saturated heterocycles. The van der Waals surface area contributed by atoms with E-state index in [-0.39, 0.29) is 12.1 Å².